The van der Waals surface area contributed by atoms with E-state index in [-0.39, 0.29) is 23.5 Å². The number of hydrogen-bond acceptors (Lipinski definition) is 4. The molecule has 100 valence electrons. The molecular weight excluding hydrogens is 244 g/mol. The Morgan fingerprint density at radius 3 is 2.47 bits per heavy atom. The molecule has 19 heavy (non-hydrogen) atoms. The van der Waals surface area contributed by atoms with Gasteiger partial charge in [-0.25, -0.2) is 4.79 Å². The molecule has 4 nitrogen and oxygen atoms in total. The van der Waals surface area contributed by atoms with Gasteiger partial charge in [-0.1, -0.05) is 19.7 Å². The van der Waals surface area contributed by atoms with Crippen LogP contribution in [0.1, 0.15) is 12.8 Å². The maximum atomic E-state index is 11.9. The second kappa shape index (κ2) is 3.90. The molecule has 0 spiro atoms. The molecule has 1 N–H and O–H groups in total. The molecule has 4 heteroatoms. The van der Waals surface area contributed by atoms with Crippen molar-refractivity contribution in [1.82, 2.24) is 0 Å². The topological polar surface area (TPSA) is 63.6 Å². The molecule has 2 saturated carbocycles. The van der Waals surface area contributed by atoms with Crippen LogP contribution in [0.4, 0.5) is 0 Å². The molecule has 3 rings (SSSR count). The van der Waals surface area contributed by atoms with Gasteiger partial charge in [0.1, 0.15) is 6.10 Å². The molecule has 1 saturated heterocycles. The fraction of sp³-hybridized carbons (Fsp3) is 0.467. The van der Waals surface area contributed by atoms with Crippen molar-refractivity contribution < 1.29 is 19.4 Å². The van der Waals surface area contributed by atoms with Gasteiger partial charge in [-0.2, -0.15) is 0 Å². The number of ketones is 1. The molecule has 0 bridgehead atoms. The first-order valence-corrected chi connectivity index (χ1v) is 6.40. The second-order valence-corrected chi connectivity index (χ2v) is 5.61. The van der Waals surface area contributed by atoms with E-state index in [2.05, 4.69) is 19.7 Å². The molecule has 3 fully saturated rings. The lowest BCUT2D eigenvalue weighted by atomic mass is 9.82. The van der Waals surface area contributed by atoms with Crippen LogP contribution in [0.25, 0.3) is 0 Å². The minimum atomic E-state index is -0.729. The van der Waals surface area contributed by atoms with E-state index in [1.165, 1.54) is 0 Å². The molecule has 5 atom stereocenters. The average molecular weight is 260 g/mol. The highest BCUT2D eigenvalue weighted by Crippen LogP contribution is 2.50. The molecule has 0 radical (unpaired) electrons. The zero-order valence-electron chi connectivity index (χ0n) is 10.6. The minimum Gasteiger partial charge on any atom is -0.458 e. The maximum Gasteiger partial charge on any atom is 0.334 e. The van der Waals surface area contributed by atoms with E-state index < -0.39 is 18.2 Å². The van der Waals surface area contributed by atoms with Crippen LogP contribution in [0.5, 0.6) is 0 Å². The molecule has 0 aromatic rings. The summed E-state index contributed by atoms with van der Waals surface area (Å²) in [6.07, 6.45) is -0.486. The van der Waals surface area contributed by atoms with Gasteiger partial charge in [-0.15, -0.1) is 0 Å². The number of carbonyl (C=O) groups excluding carboxylic acids is 2. The minimum absolute atomic E-state index is 0.0300. The largest absolute Gasteiger partial charge is 0.458 e. The number of fused-ring (bicyclic) bond motifs is 3. The van der Waals surface area contributed by atoms with Crippen molar-refractivity contribution >= 4 is 11.8 Å². The maximum absolute atomic E-state index is 11.9. The van der Waals surface area contributed by atoms with Crippen molar-refractivity contribution in [3.05, 3.63) is 36.5 Å². The molecule has 2 aliphatic carbocycles. The number of carbonyl (C=O) groups is 2. The summed E-state index contributed by atoms with van der Waals surface area (Å²) in [6.45, 7) is 11.5. The van der Waals surface area contributed by atoms with Gasteiger partial charge in [-0.3, -0.25) is 4.79 Å². The lowest BCUT2D eigenvalue weighted by Crippen LogP contribution is -2.28. The number of rotatable bonds is 0. The number of ether oxygens (including phenoxy) is 1. The summed E-state index contributed by atoms with van der Waals surface area (Å²) >= 11 is 0. The van der Waals surface area contributed by atoms with Crippen LogP contribution in [-0.2, 0) is 14.3 Å². The summed E-state index contributed by atoms with van der Waals surface area (Å²) in [7, 11) is 0. The van der Waals surface area contributed by atoms with E-state index in [1.807, 2.05) is 0 Å². The van der Waals surface area contributed by atoms with E-state index in [0.717, 1.165) is 0 Å². The Morgan fingerprint density at radius 2 is 1.79 bits per heavy atom. The van der Waals surface area contributed by atoms with Crippen molar-refractivity contribution in [3.8, 4) is 0 Å². The summed E-state index contributed by atoms with van der Waals surface area (Å²) < 4.78 is 5.38. The normalized spacial score (nSPS) is 41.9. The summed E-state index contributed by atoms with van der Waals surface area (Å²) in [5, 5.41) is 10.2. The molecule has 3 aliphatic rings. The van der Waals surface area contributed by atoms with Crippen LogP contribution in [0.3, 0.4) is 0 Å². The van der Waals surface area contributed by atoms with Crippen molar-refractivity contribution in [1.29, 1.82) is 0 Å². The van der Waals surface area contributed by atoms with E-state index in [1.54, 1.807) is 0 Å². The number of aliphatic hydroxyl groups is 1. The number of aliphatic hydroxyl groups excluding tert-OH is 1. The first-order valence-electron chi connectivity index (χ1n) is 6.40. The van der Waals surface area contributed by atoms with Crippen molar-refractivity contribution in [2.45, 2.75) is 25.0 Å². The standard InChI is InChI=1S/C15H16O4/c1-6-9-4-12(17)8(3)13(9)14-10(5-11(6)16)7(2)15(18)19-14/h9-11,13-14,16H,1-5H2/t9-,10-,11-,13-,14-/m0/s1. The zero-order chi connectivity index (χ0) is 13.9. The Labute approximate surface area is 111 Å². The van der Waals surface area contributed by atoms with Crippen LogP contribution in [0.15, 0.2) is 36.5 Å². The van der Waals surface area contributed by atoms with E-state index in [0.29, 0.717) is 29.6 Å². The third-order valence-electron chi connectivity index (χ3n) is 4.68. The van der Waals surface area contributed by atoms with Gasteiger partial charge in [-0.05, 0) is 23.5 Å². The second-order valence-electron chi connectivity index (χ2n) is 5.61. The Kier molecular flexibility index (Phi) is 2.54. The summed E-state index contributed by atoms with van der Waals surface area (Å²) in [4.78, 5) is 23.5. The highest BCUT2D eigenvalue weighted by molar-refractivity contribution is 5.99. The smallest absolute Gasteiger partial charge is 0.334 e. The monoisotopic (exact) mass is 260 g/mol. The van der Waals surface area contributed by atoms with Gasteiger partial charge in [0.25, 0.3) is 0 Å². The van der Waals surface area contributed by atoms with E-state index >= 15 is 0 Å². The van der Waals surface area contributed by atoms with Gasteiger partial charge < -0.3 is 9.84 Å². The summed E-state index contributed by atoms with van der Waals surface area (Å²) in [5.41, 5.74) is 1.51. The average Bonchev–Trinajstić information content (AvgIpc) is 2.77. The van der Waals surface area contributed by atoms with Crippen molar-refractivity contribution in [2.75, 3.05) is 0 Å². The van der Waals surface area contributed by atoms with Gasteiger partial charge >= 0.3 is 5.97 Å². The molecule has 0 aromatic heterocycles. The van der Waals surface area contributed by atoms with Crippen LogP contribution >= 0.6 is 0 Å². The lowest BCUT2D eigenvalue weighted by Gasteiger charge is -2.25. The molecular formula is C15H16O4. The molecule has 0 amide bonds. The highest BCUT2D eigenvalue weighted by Gasteiger charge is 2.54. The summed E-state index contributed by atoms with van der Waals surface area (Å²) in [5.74, 6) is -1.15. The van der Waals surface area contributed by atoms with E-state index in [9.17, 15) is 14.7 Å². The predicted molar refractivity (Wildman–Crippen MR) is 68.0 cm³/mol. The van der Waals surface area contributed by atoms with Crippen molar-refractivity contribution in [2.24, 2.45) is 17.8 Å². The van der Waals surface area contributed by atoms with Gasteiger partial charge in [0, 0.05) is 23.8 Å². The Balaban J connectivity index is 2.07. The third-order valence-corrected chi connectivity index (χ3v) is 4.68. The van der Waals surface area contributed by atoms with E-state index in [4.69, 9.17) is 4.74 Å². The Morgan fingerprint density at radius 1 is 1.11 bits per heavy atom. The first kappa shape index (κ1) is 12.4. The van der Waals surface area contributed by atoms with Crippen LogP contribution in [-0.4, -0.2) is 29.1 Å². The van der Waals surface area contributed by atoms with Crippen LogP contribution in [0, 0.1) is 17.8 Å². The zero-order valence-corrected chi connectivity index (χ0v) is 10.6. The number of esters is 1. The quantitative estimate of drug-likeness (QED) is 0.403. The highest BCUT2D eigenvalue weighted by atomic mass is 16.6. The van der Waals surface area contributed by atoms with Gasteiger partial charge in [0.05, 0.1) is 6.10 Å². The van der Waals surface area contributed by atoms with Crippen LogP contribution in [0.2, 0.25) is 0 Å². The molecule has 0 aromatic carbocycles. The number of Topliss-reactive ketones (excluding diaryl/α,β-unsaturated/α-hetero) is 1. The first-order chi connectivity index (χ1) is 8.91. The summed E-state index contributed by atoms with van der Waals surface area (Å²) in [6, 6.07) is 0. The van der Waals surface area contributed by atoms with Crippen molar-refractivity contribution in [3.63, 3.8) is 0 Å². The van der Waals surface area contributed by atoms with Crippen LogP contribution < -0.4 is 0 Å². The number of hydrogen-bond donors (Lipinski definition) is 1. The fourth-order valence-corrected chi connectivity index (χ4v) is 3.55. The fourth-order valence-electron chi connectivity index (χ4n) is 3.55. The van der Waals surface area contributed by atoms with Gasteiger partial charge in [0.2, 0.25) is 0 Å². The Hall–Kier alpha value is -1.68. The predicted octanol–water partition coefficient (Wildman–Crippen LogP) is 1.17. The third kappa shape index (κ3) is 1.56. The molecule has 1 aliphatic heterocycles. The lowest BCUT2D eigenvalue weighted by molar-refractivity contribution is -0.141. The SMILES string of the molecule is C=C1C(=O)C[C@H]2C(=C)[C@@H](O)C[C@H]3C(=C)C(=O)O[C@@H]3[C@@H]12. The molecule has 0 unspecified atom stereocenters. The van der Waals surface area contributed by atoms with Gasteiger partial charge in [0.15, 0.2) is 5.78 Å². The Bertz CT molecular complexity index is 530. The molecule has 1 heterocycles.